The number of rotatable bonds is 6. The molecule has 2 N–H and O–H groups in total. The number of nitrogens with one attached hydrogen (secondary N) is 1. The summed E-state index contributed by atoms with van der Waals surface area (Å²) >= 11 is 9.35. The van der Waals surface area contributed by atoms with Gasteiger partial charge in [0, 0.05) is 5.02 Å². The van der Waals surface area contributed by atoms with Crippen LogP contribution in [0.15, 0.2) is 76.6 Å². The molecule has 1 heterocycles. The van der Waals surface area contributed by atoms with E-state index in [4.69, 9.17) is 21.4 Å². The summed E-state index contributed by atoms with van der Waals surface area (Å²) in [6.45, 7) is 0.319. The molecule has 0 aliphatic carbocycles. The number of nitrogens with zero attached hydrogens (tertiary/aromatic N) is 1. The van der Waals surface area contributed by atoms with Crippen LogP contribution in [-0.4, -0.2) is 22.2 Å². The molecule has 0 spiro atoms. The van der Waals surface area contributed by atoms with Crippen LogP contribution in [0.25, 0.3) is 6.08 Å². The number of aromatic carboxylic acids is 1. The third kappa shape index (κ3) is 6.16. The Morgan fingerprint density at radius 2 is 1.85 bits per heavy atom. The normalized spacial score (nSPS) is 15.6. The summed E-state index contributed by atoms with van der Waals surface area (Å²) in [5, 5.41) is 12.9. The molecule has 1 amide bonds. The van der Waals surface area contributed by atoms with E-state index in [9.17, 15) is 9.59 Å². The molecule has 0 saturated carbocycles. The topological polar surface area (TPSA) is 88.0 Å². The summed E-state index contributed by atoms with van der Waals surface area (Å²) in [6, 6.07) is 19.3. The molecule has 0 bridgehead atoms. The molecule has 0 radical (unpaired) electrons. The molecule has 6 nitrogen and oxygen atoms in total. The number of thioether (sulfide) groups is 1. The van der Waals surface area contributed by atoms with Gasteiger partial charge in [-0.2, -0.15) is 0 Å². The summed E-state index contributed by atoms with van der Waals surface area (Å²) in [4.78, 5) is 28.3. The number of benzene rings is 3. The van der Waals surface area contributed by atoms with Gasteiger partial charge < -0.3 is 15.2 Å². The van der Waals surface area contributed by atoms with E-state index in [1.165, 1.54) is 11.8 Å². The van der Waals surface area contributed by atoms with Crippen LogP contribution in [-0.2, 0) is 11.4 Å². The van der Waals surface area contributed by atoms with E-state index in [-0.39, 0.29) is 11.5 Å². The lowest BCUT2D eigenvalue weighted by Crippen LogP contribution is -2.19. The van der Waals surface area contributed by atoms with Gasteiger partial charge in [-0.25, -0.2) is 9.79 Å². The second-order valence-electron chi connectivity index (χ2n) is 6.94. The van der Waals surface area contributed by atoms with Gasteiger partial charge >= 0.3 is 5.97 Å². The van der Waals surface area contributed by atoms with E-state index in [2.05, 4.69) is 32.9 Å². The summed E-state index contributed by atoms with van der Waals surface area (Å²) in [5.74, 6) is -0.458. The second kappa shape index (κ2) is 10.4. The quantitative estimate of drug-likeness (QED) is 0.267. The van der Waals surface area contributed by atoms with Crippen molar-refractivity contribution in [1.29, 1.82) is 0 Å². The van der Waals surface area contributed by atoms with Crippen molar-refractivity contribution in [2.24, 2.45) is 4.99 Å². The molecule has 9 heteroatoms. The molecule has 1 aliphatic rings. The fraction of sp³-hybridized carbons (Fsp3) is 0.0417. The predicted molar refractivity (Wildman–Crippen MR) is 139 cm³/mol. The maximum Gasteiger partial charge on any atom is 0.335 e. The molecule has 1 aliphatic heterocycles. The number of aliphatic imine (C=N–C) groups is 1. The maximum absolute atomic E-state index is 12.3. The third-order valence-electron chi connectivity index (χ3n) is 4.56. The fourth-order valence-electron chi connectivity index (χ4n) is 2.89. The monoisotopic (exact) mass is 590 g/mol. The first-order valence-corrected chi connectivity index (χ1v) is 11.9. The molecule has 3 aromatic rings. The number of carbonyl (C=O) groups excluding carboxylic acids is 1. The van der Waals surface area contributed by atoms with Crippen LogP contribution in [0.3, 0.4) is 0 Å². The third-order valence-corrected chi connectivity index (χ3v) is 6.56. The number of carboxylic acid groups (broad SMARTS) is 1. The van der Waals surface area contributed by atoms with Gasteiger partial charge in [-0.15, -0.1) is 0 Å². The highest BCUT2D eigenvalue weighted by molar-refractivity contribution is 14.1. The lowest BCUT2D eigenvalue weighted by Gasteiger charge is -2.09. The first-order chi connectivity index (χ1) is 15.9. The molecule has 0 aromatic heterocycles. The average molecular weight is 591 g/mol. The average Bonchev–Trinajstić information content (AvgIpc) is 3.13. The Morgan fingerprint density at radius 1 is 1.12 bits per heavy atom. The number of amides is 1. The van der Waals surface area contributed by atoms with Crippen molar-refractivity contribution in [3.8, 4) is 5.75 Å². The SMILES string of the molecule is O=C1NC(=Nc2ccc(Cl)cc2)S/C1=C\c1ccc(OCc2ccc(C(=O)O)cc2)c(I)c1. The Morgan fingerprint density at radius 3 is 2.52 bits per heavy atom. The van der Waals surface area contributed by atoms with E-state index >= 15 is 0 Å². The zero-order chi connectivity index (χ0) is 23.4. The highest BCUT2D eigenvalue weighted by Gasteiger charge is 2.23. The number of ether oxygens (including phenoxy) is 1. The summed E-state index contributed by atoms with van der Waals surface area (Å²) in [6.07, 6.45) is 1.81. The minimum Gasteiger partial charge on any atom is -0.488 e. The first kappa shape index (κ1) is 23.3. The van der Waals surface area contributed by atoms with Crippen LogP contribution in [0.2, 0.25) is 5.02 Å². The Bertz CT molecular complexity index is 1270. The molecule has 3 aromatic carbocycles. The number of carbonyl (C=O) groups is 2. The van der Waals surface area contributed by atoms with Crippen LogP contribution in [0.1, 0.15) is 21.5 Å². The van der Waals surface area contributed by atoms with Gasteiger partial charge in [-0.3, -0.25) is 4.79 Å². The molecule has 4 rings (SSSR count). The van der Waals surface area contributed by atoms with E-state index in [0.717, 1.165) is 14.7 Å². The van der Waals surface area contributed by atoms with Crippen LogP contribution in [0.5, 0.6) is 5.75 Å². The number of carboxylic acids is 1. The standard InChI is InChI=1S/C24H16ClIN2O4S/c25-17-6-8-18(9-7-17)27-24-28-22(29)21(33-24)12-15-3-10-20(19(26)11-15)32-13-14-1-4-16(5-2-14)23(30)31/h1-12H,13H2,(H,30,31)(H,27,28,29)/b21-12-. The first-order valence-electron chi connectivity index (χ1n) is 9.67. The minimum atomic E-state index is -0.959. The fourth-order valence-corrected chi connectivity index (χ4v) is 4.56. The minimum absolute atomic E-state index is 0.201. The Labute approximate surface area is 212 Å². The molecule has 166 valence electrons. The van der Waals surface area contributed by atoms with Gasteiger partial charge in [0.2, 0.25) is 0 Å². The lowest BCUT2D eigenvalue weighted by molar-refractivity contribution is -0.115. The van der Waals surface area contributed by atoms with Crippen LogP contribution < -0.4 is 10.1 Å². The van der Waals surface area contributed by atoms with E-state index in [0.29, 0.717) is 33.1 Å². The molecule has 0 atom stereocenters. The zero-order valence-electron chi connectivity index (χ0n) is 16.9. The second-order valence-corrected chi connectivity index (χ2v) is 9.57. The van der Waals surface area contributed by atoms with Crippen molar-refractivity contribution < 1.29 is 19.4 Å². The Kier molecular flexibility index (Phi) is 7.36. The molecule has 0 unspecified atom stereocenters. The predicted octanol–water partition coefficient (Wildman–Crippen LogP) is 6.11. The molecule has 1 fully saturated rings. The number of amidine groups is 1. The number of hydrogen-bond donors (Lipinski definition) is 2. The van der Waals surface area contributed by atoms with E-state index in [1.807, 2.05) is 18.2 Å². The van der Waals surface area contributed by atoms with Crippen molar-refractivity contribution in [1.82, 2.24) is 5.32 Å². The van der Waals surface area contributed by atoms with Gasteiger partial charge in [0.15, 0.2) is 5.17 Å². The summed E-state index contributed by atoms with van der Waals surface area (Å²) < 4.78 is 6.76. The van der Waals surface area contributed by atoms with Gasteiger partial charge in [0.25, 0.3) is 5.91 Å². The molecule has 1 saturated heterocycles. The van der Waals surface area contributed by atoms with Crippen LogP contribution in [0.4, 0.5) is 5.69 Å². The van der Waals surface area contributed by atoms with Crippen molar-refractivity contribution >= 4 is 74.8 Å². The van der Waals surface area contributed by atoms with Gasteiger partial charge in [0.1, 0.15) is 12.4 Å². The van der Waals surface area contributed by atoms with Crippen molar-refractivity contribution in [3.05, 3.63) is 96.9 Å². The van der Waals surface area contributed by atoms with Crippen molar-refractivity contribution in [3.63, 3.8) is 0 Å². The molecular weight excluding hydrogens is 575 g/mol. The van der Waals surface area contributed by atoms with E-state index < -0.39 is 5.97 Å². The highest BCUT2D eigenvalue weighted by Crippen LogP contribution is 2.30. The number of halogens is 2. The van der Waals surface area contributed by atoms with Crippen LogP contribution >= 0.6 is 46.0 Å². The molecular formula is C24H16ClIN2O4S. The van der Waals surface area contributed by atoms with Gasteiger partial charge in [-0.05, 0) is 100 Å². The van der Waals surface area contributed by atoms with Crippen LogP contribution in [0, 0.1) is 3.57 Å². The maximum atomic E-state index is 12.3. The Balaban J connectivity index is 1.42. The van der Waals surface area contributed by atoms with Crippen molar-refractivity contribution in [2.45, 2.75) is 6.61 Å². The lowest BCUT2D eigenvalue weighted by atomic mass is 10.1. The summed E-state index contributed by atoms with van der Waals surface area (Å²) in [5.41, 5.74) is 2.68. The van der Waals surface area contributed by atoms with Gasteiger partial charge in [0.05, 0.1) is 19.7 Å². The van der Waals surface area contributed by atoms with E-state index in [1.54, 1.807) is 54.6 Å². The zero-order valence-corrected chi connectivity index (χ0v) is 20.6. The number of hydrogen-bond acceptors (Lipinski definition) is 5. The Hall–Kier alpha value is -2.82. The largest absolute Gasteiger partial charge is 0.488 e. The van der Waals surface area contributed by atoms with Gasteiger partial charge in [-0.1, -0.05) is 29.8 Å². The highest BCUT2D eigenvalue weighted by atomic mass is 127. The van der Waals surface area contributed by atoms with Crippen molar-refractivity contribution in [2.75, 3.05) is 0 Å². The smallest absolute Gasteiger partial charge is 0.335 e. The summed E-state index contributed by atoms with van der Waals surface area (Å²) in [7, 11) is 0. The molecule has 33 heavy (non-hydrogen) atoms.